The summed E-state index contributed by atoms with van der Waals surface area (Å²) in [5.74, 6) is 0.718. The maximum Gasteiger partial charge on any atom is 0.411 e. The zero-order chi connectivity index (χ0) is 26.1. The van der Waals surface area contributed by atoms with Gasteiger partial charge in [0.2, 0.25) is 0 Å². The van der Waals surface area contributed by atoms with Crippen LogP contribution in [0.5, 0.6) is 5.75 Å². The number of para-hydroxylation sites is 2. The molecule has 1 aliphatic heterocycles. The number of piperidine rings is 1. The van der Waals surface area contributed by atoms with Gasteiger partial charge in [0.25, 0.3) is 5.91 Å². The molecule has 2 N–H and O–H groups in total. The fourth-order valence-corrected chi connectivity index (χ4v) is 3.83. The van der Waals surface area contributed by atoms with Crippen LogP contribution in [0.1, 0.15) is 50.4 Å². The fraction of sp³-hybridized carbons (Fsp3) is 0.444. The molecule has 1 saturated heterocycles. The smallest absolute Gasteiger partial charge is 0.411 e. The molecule has 3 rings (SSSR count). The second-order valence-electron chi connectivity index (χ2n) is 9.69. The SMILES string of the molecule is COc1ccc(C(=O)Nc2ccccc2NC(=O)OCCC2CCN(C(=O)OC(C)(C)C)CC2)cc1. The zero-order valence-electron chi connectivity index (χ0n) is 21.3. The van der Waals surface area contributed by atoms with E-state index in [1.807, 2.05) is 20.8 Å². The quantitative estimate of drug-likeness (QED) is 0.521. The molecule has 0 aliphatic carbocycles. The topological polar surface area (TPSA) is 106 Å². The molecule has 0 atom stereocenters. The first-order valence-corrected chi connectivity index (χ1v) is 12.1. The van der Waals surface area contributed by atoms with Crippen molar-refractivity contribution in [2.75, 3.05) is 37.4 Å². The highest BCUT2D eigenvalue weighted by molar-refractivity contribution is 6.06. The van der Waals surface area contributed by atoms with E-state index in [1.54, 1.807) is 60.5 Å². The van der Waals surface area contributed by atoms with Crippen LogP contribution in [0.3, 0.4) is 0 Å². The molecule has 1 fully saturated rings. The van der Waals surface area contributed by atoms with Crippen molar-refractivity contribution in [1.29, 1.82) is 0 Å². The largest absolute Gasteiger partial charge is 0.497 e. The van der Waals surface area contributed by atoms with Gasteiger partial charge in [0.1, 0.15) is 11.4 Å². The van der Waals surface area contributed by atoms with E-state index in [0.717, 1.165) is 12.8 Å². The van der Waals surface area contributed by atoms with E-state index in [0.29, 0.717) is 48.1 Å². The molecule has 0 bridgehead atoms. The Labute approximate surface area is 212 Å². The van der Waals surface area contributed by atoms with Crippen LogP contribution < -0.4 is 15.4 Å². The van der Waals surface area contributed by atoms with Crippen molar-refractivity contribution in [2.45, 2.75) is 45.6 Å². The van der Waals surface area contributed by atoms with Gasteiger partial charge >= 0.3 is 12.2 Å². The number of hydrogen-bond acceptors (Lipinski definition) is 6. The number of nitrogens with zero attached hydrogens (tertiary/aromatic N) is 1. The Morgan fingerprint density at radius 1 is 0.944 bits per heavy atom. The molecule has 2 aromatic rings. The fourth-order valence-electron chi connectivity index (χ4n) is 3.83. The summed E-state index contributed by atoms with van der Waals surface area (Å²) in [6, 6.07) is 13.7. The summed E-state index contributed by atoms with van der Waals surface area (Å²) in [6.07, 6.45) is 1.52. The van der Waals surface area contributed by atoms with Crippen LogP contribution in [0.4, 0.5) is 21.0 Å². The first kappa shape index (κ1) is 26.8. The van der Waals surface area contributed by atoms with Gasteiger partial charge in [-0.3, -0.25) is 10.1 Å². The van der Waals surface area contributed by atoms with Gasteiger partial charge < -0.3 is 24.4 Å². The van der Waals surface area contributed by atoms with Gasteiger partial charge in [0.15, 0.2) is 0 Å². The Hall–Kier alpha value is -3.75. The predicted molar refractivity (Wildman–Crippen MR) is 138 cm³/mol. The summed E-state index contributed by atoms with van der Waals surface area (Å²) in [5, 5.41) is 5.51. The van der Waals surface area contributed by atoms with Crippen molar-refractivity contribution in [1.82, 2.24) is 4.90 Å². The van der Waals surface area contributed by atoms with Crippen molar-refractivity contribution in [2.24, 2.45) is 5.92 Å². The highest BCUT2D eigenvalue weighted by Crippen LogP contribution is 2.24. The van der Waals surface area contributed by atoms with Crippen molar-refractivity contribution in [3.8, 4) is 5.75 Å². The van der Waals surface area contributed by atoms with Gasteiger partial charge in [0, 0.05) is 18.7 Å². The van der Waals surface area contributed by atoms with E-state index in [9.17, 15) is 14.4 Å². The predicted octanol–water partition coefficient (Wildman–Crippen LogP) is 5.53. The molecule has 194 valence electrons. The number of methoxy groups -OCH3 is 1. The molecule has 0 saturated carbocycles. The van der Waals surface area contributed by atoms with Gasteiger partial charge in [-0.1, -0.05) is 12.1 Å². The Morgan fingerprint density at radius 2 is 1.56 bits per heavy atom. The van der Waals surface area contributed by atoms with Crippen molar-refractivity contribution in [3.05, 3.63) is 54.1 Å². The minimum atomic E-state index is -0.590. The molecule has 0 unspecified atom stereocenters. The lowest BCUT2D eigenvalue weighted by Gasteiger charge is -2.33. The third-order valence-electron chi connectivity index (χ3n) is 5.79. The minimum absolute atomic E-state index is 0.267. The van der Waals surface area contributed by atoms with Crippen LogP contribution >= 0.6 is 0 Å². The van der Waals surface area contributed by atoms with E-state index in [2.05, 4.69) is 10.6 Å². The van der Waals surface area contributed by atoms with E-state index in [1.165, 1.54) is 0 Å². The molecule has 0 spiro atoms. The lowest BCUT2D eigenvalue weighted by Crippen LogP contribution is -2.41. The molecular weight excluding hydrogens is 462 g/mol. The van der Waals surface area contributed by atoms with Crippen LogP contribution in [0.25, 0.3) is 0 Å². The van der Waals surface area contributed by atoms with Crippen LogP contribution in [0, 0.1) is 5.92 Å². The molecule has 9 nitrogen and oxygen atoms in total. The number of benzene rings is 2. The lowest BCUT2D eigenvalue weighted by molar-refractivity contribution is 0.0175. The summed E-state index contributed by atoms with van der Waals surface area (Å²) in [4.78, 5) is 38.9. The monoisotopic (exact) mass is 497 g/mol. The third kappa shape index (κ3) is 8.18. The number of carbonyl (C=O) groups is 3. The average molecular weight is 498 g/mol. The maximum atomic E-state index is 12.6. The summed E-state index contributed by atoms with van der Waals surface area (Å²) in [6.45, 7) is 7.09. The first-order valence-electron chi connectivity index (χ1n) is 12.1. The second-order valence-corrected chi connectivity index (χ2v) is 9.69. The Morgan fingerprint density at radius 3 is 2.14 bits per heavy atom. The summed E-state index contributed by atoms with van der Waals surface area (Å²) in [7, 11) is 1.56. The average Bonchev–Trinajstić information content (AvgIpc) is 2.84. The Kier molecular flexibility index (Phi) is 9.16. The number of nitrogens with one attached hydrogen (secondary N) is 2. The van der Waals surface area contributed by atoms with E-state index >= 15 is 0 Å². The van der Waals surface area contributed by atoms with Crippen LogP contribution in [0.15, 0.2) is 48.5 Å². The maximum absolute atomic E-state index is 12.6. The van der Waals surface area contributed by atoms with E-state index < -0.39 is 11.7 Å². The molecule has 0 aromatic heterocycles. The number of amides is 3. The van der Waals surface area contributed by atoms with Gasteiger partial charge in [-0.05, 0) is 82.3 Å². The third-order valence-corrected chi connectivity index (χ3v) is 5.79. The molecule has 9 heteroatoms. The molecular formula is C27H35N3O6. The number of rotatable bonds is 7. The van der Waals surface area contributed by atoms with Crippen LogP contribution in [-0.2, 0) is 9.47 Å². The highest BCUT2D eigenvalue weighted by atomic mass is 16.6. The van der Waals surface area contributed by atoms with Gasteiger partial charge in [-0.2, -0.15) is 0 Å². The Balaban J connectivity index is 1.43. The minimum Gasteiger partial charge on any atom is -0.497 e. The number of hydrogen-bond donors (Lipinski definition) is 2. The molecule has 1 heterocycles. The van der Waals surface area contributed by atoms with Crippen molar-refractivity contribution < 1.29 is 28.6 Å². The standard InChI is InChI=1S/C27H35N3O6/c1-27(2,3)36-26(33)30-16-13-19(14-17-30)15-18-35-25(32)29-23-8-6-5-7-22(23)28-24(31)20-9-11-21(34-4)12-10-20/h5-12,19H,13-18H2,1-4H3,(H,28,31)(H,29,32). The van der Waals surface area contributed by atoms with Crippen molar-refractivity contribution >= 4 is 29.5 Å². The first-order chi connectivity index (χ1) is 17.1. The number of carbonyl (C=O) groups excluding carboxylic acids is 3. The van der Waals surface area contributed by atoms with Crippen LogP contribution in [0.2, 0.25) is 0 Å². The molecule has 36 heavy (non-hydrogen) atoms. The van der Waals surface area contributed by atoms with E-state index in [4.69, 9.17) is 14.2 Å². The molecule has 3 amide bonds. The van der Waals surface area contributed by atoms with Crippen LogP contribution in [-0.4, -0.2) is 55.4 Å². The number of anilines is 2. The van der Waals surface area contributed by atoms with Gasteiger partial charge in [-0.25, -0.2) is 9.59 Å². The summed E-state index contributed by atoms with van der Waals surface area (Å²) in [5.41, 5.74) is 0.859. The summed E-state index contributed by atoms with van der Waals surface area (Å²) >= 11 is 0. The Bertz CT molecular complexity index is 1040. The van der Waals surface area contributed by atoms with Crippen molar-refractivity contribution in [3.63, 3.8) is 0 Å². The molecule has 0 radical (unpaired) electrons. The van der Waals surface area contributed by atoms with E-state index in [-0.39, 0.29) is 18.6 Å². The van der Waals surface area contributed by atoms with Gasteiger partial charge in [0.05, 0.1) is 25.1 Å². The zero-order valence-corrected chi connectivity index (χ0v) is 21.3. The number of ether oxygens (including phenoxy) is 3. The summed E-state index contributed by atoms with van der Waals surface area (Å²) < 4.78 is 15.9. The molecule has 1 aliphatic rings. The van der Waals surface area contributed by atoms with Gasteiger partial charge in [-0.15, -0.1) is 0 Å². The normalized spacial score (nSPS) is 14.1. The number of likely N-dealkylation sites (tertiary alicyclic amines) is 1. The molecule has 2 aromatic carbocycles. The second kappa shape index (κ2) is 12.3. The lowest BCUT2D eigenvalue weighted by atomic mass is 9.94. The highest BCUT2D eigenvalue weighted by Gasteiger charge is 2.26.